The number of hydrogen-bond acceptors (Lipinski definition) is 4. The maximum absolute atomic E-state index is 13.7. The summed E-state index contributed by atoms with van der Waals surface area (Å²) in [5, 5.41) is 7.17. The minimum atomic E-state index is -0.307. The first kappa shape index (κ1) is 17.7. The Kier molecular flexibility index (Phi) is 6.51. The molecular weight excluding hydrogens is 329 g/mol. The number of halogens is 1. The van der Waals surface area contributed by atoms with Gasteiger partial charge in [0.2, 0.25) is 0 Å². The predicted octanol–water partition coefficient (Wildman–Crippen LogP) is 2.84. The third-order valence-electron chi connectivity index (χ3n) is 3.14. The van der Waals surface area contributed by atoms with Gasteiger partial charge in [0.25, 0.3) is 0 Å². The van der Waals surface area contributed by atoms with Crippen molar-refractivity contribution in [3.05, 3.63) is 59.4 Å². The van der Waals surface area contributed by atoms with Gasteiger partial charge in [-0.3, -0.25) is 5.43 Å². The molecule has 2 aromatic rings. The molecule has 2 aromatic carbocycles. The second-order valence-corrected chi connectivity index (χ2v) is 5.15. The monoisotopic (exact) mass is 347 g/mol. The highest BCUT2D eigenvalue weighted by Gasteiger charge is 2.07. The van der Waals surface area contributed by atoms with Gasteiger partial charge in [0.05, 0.1) is 13.3 Å². The van der Waals surface area contributed by atoms with E-state index in [4.69, 9.17) is 21.7 Å². The Balaban J connectivity index is 2.11. The molecule has 126 valence electrons. The highest BCUT2D eigenvalue weighted by molar-refractivity contribution is 7.80. The van der Waals surface area contributed by atoms with E-state index in [1.54, 1.807) is 50.7 Å². The van der Waals surface area contributed by atoms with E-state index in [9.17, 15) is 4.39 Å². The van der Waals surface area contributed by atoms with Crippen LogP contribution in [-0.2, 0) is 6.61 Å². The van der Waals surface area contributed by atoms with Gasteiger partial charge in [0.1, 0.15) is 12.4 Å². The van der Waals surface area contributed by atoms with Gasteiger partial charge in [0, 0.05) is 12.6 Å². The van der Waals surface area contributed by atoms with Gasteiger partial charge in [-0.2, -0.15) is 5.10 Å². The molecule has 24 heavy (non-hydrogen) atoms. The van der Waals surface area contributed by atoms with Crippen molar-refractivity contribution in [3.63, 3.8) is 0 Å². The largest absolute Gasteiger partial charge is 0.493 e. The van der Waals surface area contributed by atoms with E-state index in [-0.39, 0.29) is 12.4 Å². The topological polar surface area (TPSA) is 54.9 Å². The smallest absolute Gasteiger partial charge is 0.186 e. The molecule has 0 bridgehead atoms. The van der Waals surface area contributed by atoms with Crippen LogP contribution in [0.3, 0.4) is 0 Å². The SMILES string of the molecule is CNC(=S)N/N=C/c1ccc(OC)c(OCc2ccccc2F)c1. The number of benzene rings is 2. The summed E-state index contributed by atoms with van der Waals surface area (Å²) in [5.74, 6) is 0.752. The first-order valence-corrected chi connectivity index (χ1v) is 7.60. The maximum atomic E-state index is 13.7. The van der Waals surface area contributed by atoms with Crippen molar-refractivity contribution in [2.75, 3.05) is 14.2 Å². The maximum Gasteiger partial charge on any atom is 0.186 e. The summed E-state index contributed by atoms with van der Waals surface area (Å²) in [6.07, 6.45) is 1.60. The molecule has 0 aliphatic rings. The normalized spacial score (nSPS) is 10.5. The Morgan fingerprint density at radius 3 is 2.75 bits per heavy atom. The molecule has 0 amide bonds. The molecule has 0 radical (unpaired) electrons. The van der Waals surface area contributed by atoms with Crippen LogP contribution in [0, 0.1) is 5.82 Å². The molecule has 0 aliphatic carbocycles. The third kappa shape index (κ3) is 4.92. The highest BCUT2D eigenvalue weighted by atomic mass is 32.1. The van der Waals surface area contributed by atoms with Crippen LogP contribution < -0.4 is 20.2 Å². The van der Waals surface area contributed by atoms with Gasteiger partial charge in [-0.05, 0) is 42.0 Å². The second kappa shape index (κ2) is 8.83. The van der Waals surface area contributed by atoms with Crippen molar-refractivity contribution in [2.24, 2.45) is 5.10 Å². The van der Waals surface area contributed by atoms with Crippen molar-refractivity contribution >= 4 is 23.5 Å². The minimum Gasteiger partial charge on any atom is -0.493 e. The molecule has 0 aliphatic heterocycles. The summed E-state index contributed by atoms with van der Waals surface area (Å²) >= 11 is 4.93. The van der Waals surface area contributed by atoms with Gasteiger partial charge < -0.3 is 14.8 Å². The zero-order valence-corrected chi connectivity index (χ0v) is 14.2. The van der Waals surface area contributed by atoms with Crippen LogP contribution in [0.4, 0.5) is 4.39 Å². The molecule has 2 rings (SSSR count). The van der Waals surface area contributed by atoms with E-state index in [1.807, 2.05) is 6.07 Å². The summed E-state index contributed by atoms with van der Waals surface area (Å²) in [5.41, 5.74) is 3.92. The molecule has 0 aromatic heterocycles. The molecule has 2 N–H and O–H groups in total. The van der Waals surface area contributed by atoms with Crippen molar-refractivity contribution in [1.29, 1.82) is 0 Å². The van der Waals surface area contributed by atoms with Crippen molar-refractivity contribution in [3.8, 4) is 11.5 Å². The summed E-state index contributed by atoms with van der Waals surface area (Å²) in [6.45, 7) is 0.103. The van der Waals surface area contributed by atoms with Crippen LogP contribution in [0.5, 0.6) is 11.5 Å². The summed E-state index contributed by atoms with van der Waals surface area (Å²) in [7, 11) is 3.25. The Morgan fingerprint density at radius 2 is 2.04 bits per heavy atom. The molecule has 5 nitrogen and oxygen atoms in total. The molecule has 0 spiro atoms. The fourth-order valence-corrected chi connectivity index (χ4v) is 1.93. The van der Waals surface area contributed by atoms with E-state index in [0.29, 0.717) is 22.2 Å². The van der Waals surface area contributed by atoms with E-state index in [2.05, 4.69) is 15.8 Å². The zero-order chi connectivity index (χ0) is 17.4. The molecule has 0 heterocycles. The summed E-state index contributed by atoms with van der Waals surface area (Å²) in [6, 6.07) is 11.8. The second-order valence-electron chi connectivity index (χ2n) is 4.74. The first-order valence-electron chi connectivity index (χ1n) is 7.19. The lowest BCUT2D eigenvalue weighted by Crippen LogP contribution is -2.28. The molecule has 0 saturated heterocycles. The van der Waals surface area contributed by atoms with Crippen LogP contribution in [0.15, 0.2) is 47.6 Å². The Labute approximate surface area is 145 Å². The van der Waals surface area contributed by atoms with Crippen LogP contribution in [0.25, 0.3) is 0 Å². The molecule has 0 saturated carbocycles. The van der Waals surface area contributed by atoms with Gasteiger partial charge >= 0.3 is 0 Å². The molecular formula is C17H18FN3O2S. The number of ether oxygens (including phenoxy) is 2. The lowest BCUT2D eigenvalue weighted by molar-refractivity contribution is 0.279. The lowest BCUT2D eigenvalue weighted by Gasteiger charge is -2.12. The zero-order valence-electron chi connectivity index (χ0n) is 13.4. The fraction of sp³-hybridized carbons (Fsp3) is 0.176. The quantitative estimate of drug-likeness (QED) is 0.478. The average Bonchev–Trinajstić information content (AvgIpc) is 2.61. The molecule has 7 heteroatoms. The Bertz CT molecular complexity index is 738. The van der Waals surface area contributed by atoms with Crippen LogP contribution in [0.2, 0.25) is 0 Å². The van der Waals surface area contributed by atoms with Gasteiger partial charge in [-0.25, -0.2) is 4.39 Å². The minimum absolute atomic E-state index is 0.103. The number of thiocarbonyl (C=S) groups is 1. The number of hydrazone groups is 1. The number of rotatable bonds is 6. The number of nitrogens with zero attached hydrogens (tertiary/aromatic N) is 1. The standard InChI is InChI=1S/C17H18FN3O2S/c1-19-17(24)21-20-10-12-7-8-15(22-2)16(9-12)23-11-13-5-3-4-6-14(13)18/h3-10H,11H2,1-2H3,(H2,19,21,24)/b20-10+. The highest BCUT2D eigenvalue weighted by Crippen LogP contribution is 2.28. The summed E-state index contributed by atoms with van der Waals surface area (Å²) < 4.78 is 24.6. The van der Waals surface area contributed by atoms with Gasteiger partial charge in [0.15, 0.2) is 16.6 Å². The number of methoxy groups -OCH3 is 1. The third-order valence-corrected chi connectivity index (χ3v) is 3.43. The predicted molar refractivity (Wildman–Crippen MR) is 96.1 cm³/mol. The van der Waals surface area contributed by atoms with E-state index in [0.717, 1.165) is 5.56 Å². The van der Waals surface area contributed by atoms with Gasteiger partial charge in [-0.15, -0.1) is 0 Å². The number of hydrogen-bond donors (Lipinski definition) is 2. The van der Waals surface area contributed by atoms with Crippen LogP contribution >= 0.6 is 12.2 Å². The number of nitrogens with one attached hydrogen (secondary N) is 2. The lowest BCUT2D eigenvalue weighted by atomic mass is 10.2. The van der Waals surface area contributed by atoms with Crippen molar-refractivity contribution in [2.45, 2.75) is 6.61 Å². The van der Waals surface area contributed by atoms with Crippen LogP contribution in [-0.4, -0.2) is 25.5 Å². The molecule has 0 fully saturated rings. The van der Waals surface area contributed by atoms with Crippen molar-refractivity contribution in [1.82, 2.24) is 10.7 Å². The van der Waals surface area contributed by atoms with E-state index in [1.165, 1.54) is 6.07 Å². The molecule has 0 unspecified atom stereocenters. The Morgan fingerprint density at radius 1 is 1.25 bits per heavy atom. The van der Waals surface area contributed by atoms with Crippen molar-refractivity contribution < 1.29 is 13.9 Å². The molecule has 0 atom stereocenters. The average molecular weight is 347 g/mol. The van der Waals surface area contributed by atoms with Gasteiger partial charge in [-0.1, -0.05) is 18.2 Å². The Hall–Kier alpha value is -2.67. The fourth-order valence-electron chi connectivity index (χ4n) is 1.88. The van der Waals surface area contributed by atoms with E-state index < -0.39 is 0 Å². The van der Waals surface area contributed by atoms with E-state index >= 15 is 0 Å². The summed E-state index contributed by atoms with van der Waals surface area (Å²) in [4.78, 5) is 0. The first-order chi connectivity index (χ1) is 11.6. The van der Waals surface area contributed by atoms with Crippen LogP contribution in [0.1, 0.15) is 11.1 Å².